The fraction of sp³-hybridized carbons (Fsp3) is 0.353. The summed E-state index contributed by atoms with van der Waals surface area (Å²) in [6.45, 7) is 0. The standard InChI is InChI=1S/C17H15NO3/c19-16-14-6-3-9-17(16,18(20)21)10-12-8-7-11-4-1-2-5-13(11)15(12)14/h1-2,4-5,7-8,14H,3,6,9-10H2/t14-,17-/m1/s1. The van der Waals surface area contributed by atoms with E-state index in [1.165, 1.54) is 0 Å². The molecule has 0 aliphatic heterocycles. The Morgan fingerprint density at radius 2 is 2.00 bits per heavy atom. The zero-order chi connectivity index (χ0) is 14.6. The van der Waals surface area contributed by atoms with E-state index in [0.29, 0.717) is 6.42 Å². The SMILES string of the molecule is O=C1[C@@H]2CCC[C@@]1([N+](=O)[O-])Cc1ccc3ccccc3c12. The number of nitrogens with zero attached hydrogens (tertiary/aromatic N) is 1. The van der Waals surface area contributed by atoms with Crippen LogP contribution in [0.1, 0.15) is 36.3 Å². The van der Waals surface area contributed by atoms with E-state index in [1.807, 2.05) is 36.4 Å². The predicted molar refractivity (Wildman–Crippen MR) is 79.0 cm³/mol. The highest BCUT2D eigenvalue weighted by Gasteiger charge is 2.58. The first-order chi connectivity index (χ1) is 10.1. The van der Waals surface area contributed by atoms with Crippen LogP contribution < -0.4 is 0 Å². The molecule has 1 fully saturated rings. The topological polar surface area (TPSA) is 60.2 Å². The van der Waals surface area contributed by atoms with Gasteiger partial charge in [0.05, 0.1) is 12.3 Å². The quantitative estimate of drug-likeness (QED) is 0.595. The van der Waals surface area contributed by atoms with E-state index >= 15 is 0 Å². The lowest BCUT2D eigenvalue weighted by Crippen LogP contribution is -2.55. The Hall–Kier alpha value is -2.23. The number of ketones is 1. The molecule has 2 aliphatic carbocycles. The van der Waals surface area contributed by atoms with Crippen molar-refractivity contribution in [1.82, 2.24) is 0 Å². The van der Waals surface area contributed by atoms with Crippen molar-refractivity contribution in [2.75, 3.05) is 0 Å². The summed E-state index contributed by atoms with van der Waals surface area (Å²) in [6.07, 6.45) is 2.10. The number of fused-ring (bicyclic) bond motifs is 6. The Bertz CT molecular complexity index is 783. The van der Waals surface area contributed by atoms with Crippen LogP contribution in [0.2, 0.25) is 0 Å². The Labute approximate surface area is 121 Å². The number of hydrogen-bond donors (Lipinski definition) is 0. The lowest BCUT2D eigenvalue weighted by Gasteiger charge is -2.38. The molecule has 2 aromatic rings. The first kappa shape index (κ1) is 12.5. The van der Waals surface area contributed by atoms with Crippen LogP contribution in [-0.2, 0) is 11.2 Å². The van der Waals surface area contributed by atoms with Gasteiger partial charge in [-0.1, -0.05) is 36.4 Å². The van der Waals surface area contributed by atoms with Gasteiger partial charge in [0.15, 0.2) is 0 Å². The second kappa shape index (κ2) is 4.13. The van der Waals surface area contributed by atoms with Crippen LogP contribution in [0.5, 0.6) is 0 Å². The second-order valence-corrected chi connectivity index (χ2v) is 6.13. The van der Waals surface area contributed by atoms with Crippen LogP contribution in [0.15, 0.2) is 36.4 Å². The lowest BCUT2D eigenvalue weighted by atomic mass is 9.63. The van der Waals surface area contributed by atoms with Crippen molar-refractivity contribution in [2.45, 2.75) is 37.1 Å². The van der Waals surface area contributed by atoms with E-state index in [0.717, 1.165) is 34.7 Å². The van der Waals surface area contributed by atoms with E-state index in [1.54, 1.807) is 0 Å². The summed E-state index contributed by atoms with van der Waals surface area (Å²) < 4.78 is 0. The molecule has 4 heteroatoms. The molecule has 4 nitrogen and oxygen atoms in total. The van der Waals surface area contributed by atoms with Gasteiger partial charge < -0.3 is 0 Å². The molecule has 0 saturated heterocycles. The number of benzene rings is 2. The maximum absolute atomic E-state index is 12.7. The highest BCUT2D eigenvalue weighted by atomic mass is 16.6. The molecule has 0 N–H and O–H groups in total. The summed E-state index contributed by atoms with van der Waals surface area (Å²) in [4.78, 5) is 24.0. The molecule has 0 heterocycles. The van der Waals surface area contributed by atoms with Crippen LogP contribution in [-0.4, -0.2) is 16.2 Å². The van der Waals surface area contributed by atoms with Crippen LogP contribution >= 0.6 is 0 Å². The van der Waals surface area contributed by atoms with Gasteiger partial charge >= 0.3 is 0 Å². The third kappa shape index (κ3) is 1.53. The molecule has 106 valence electrons. The maximum Gasteiger partial charge on any atom is 0.283 e. The molecule has 0 unspecified atom stereocenters. The molecule has 0 radical (unpaired) electrons. The van der Waals surface area contributed by atoms with Crippen molar-refractivity contribution in [3.05, 3.63) is 57.6 Å². The van der Waals surface area contributed by atoms with Gasteiger partial charge in [-0.3, -0.25) is 14.9 Å². The van der Waals surface area contributed by atoms with Crippen LogP contribution in [0.25, 0.3) is 10.8 Å². The van der Waals surface area contributed by atoms with Crippen molar-refractivity contribution in [1.29, 1.82) is 0 Å². The second-order valence-electron chi connectivity index (χ2n) is 6.13. The van der Waals surface area contributed by atoms with Gasteiger partial charge in [-0.05, 0) is 34.7 Å². The van der Waals surface area contributed by atoms with Gasteiger partial charge in [-0.2, -0.15) is 0 Å². The number of nitro groups is 1. The molecule has 2 bridgehead atoms. The molecule has 2 aliphatic rings. The van der Waals surface area contributed by atoms with E-state index in [4.69, 9.17) is 0 Å². The van der Waals surface area contributed by atoms with Crippen molar-refractivity contribution in [3.8, 4) is 0 Å². The summed E-state index contributed by atoms with van der Waals surface area (Å²) >= 11 is 0. The molecular weight excluding hydrogens is 266 g/mol. The van der Waals surface area contributed by atoms with E-state index < -0.39 is 5.54 Å². The van der Waals surface area contributed by atoms with E-state index in [-0.39, 0.29) is 23.0 Å². The predicted octanol–water partition coefficient (Wildman–Crippen LogP) is 3.25. The summed E-state index contributed by atoms with van der Waals surface area (Å²) in [5, 5.41) is 13.7. The molecule has 0 aromatic heterocycles. The van der Waals surface area contributed by atoms with Crippen molar-refractivity contribution in [3.63, 3.8) is 0 Å². The smallest absolute Gasteiger partial charge is 0.283 e. The Morgan fingerprint density at radius 3 is 2.81 bits per heavy atom. The highest BCUT2D eigenvalue weighted by Crippen LogP contribution is 2.47. The van der Waals surface area contributed by atoms with Gasteiger partial charge in [0.2, 0.25) is 5.78 Å². The minimum atomic E-state index is -1.38. The number of hydrogen-bond acceptors (Lipinski definition) is 3. The van der Waals surface area contributed by atoms with Crippen molar-refractivity contribution in [2.24, 2.45) is 0 Å². The van der Waals surface area contributed by atoms with E-state index in [2.05, 4.69) is 0 Å². The fourth-order valence-corrected chi connectivity index (χ4v) is 4.10. The molecule has 0 spiro atoms. The average molecular weight is 281 g/mol. The summed E-state index contributed by atoms with van der Waals surface area (Å²) in [5.41, 5.74) is 0.642. The molecular formula is C17H15NO3. The monoisotopic (exact) mass is 281 g/mol. The highest BCUT2D eigenvalue weighted by molar-refractivity contribution is 6.01. The largest absolute Gasteiger partial charge is 0.291 e. The Morgan fingerprint density at radius 1 is 1.19 bits per heavy atom. The van der Waals surface area contributed by atoms with E-state index in [9.17, 15) is 14.9 Å². The normalized spacial score (nSPS) is 27.4. The zero-order valence-corrected chi connectivity index (χ0v) is 11.5. The Balaban J connectivity index is 2.02. The fourth-order valence-electron chi connectivity index (χ4n) is 4.10. The number of carbonyl (C=O) groups is 1. The van der Waals surface area contributed by atoms with Crippen LogP contribution in [0.4, 0.5) is 0 Å². The average Bonchev–Trinajstić information content (AvgIpc) is 2.47. The van der Waals surface area contributed by atoms with Gasteiger partial charge in [0, 0.05) is 11.3 Å². The van der Waals surface area contributed by atoms with Gasteiger partial charge in [0.1, 0.15) is 0 Å². The molecule has 2 aromatic carbocycles. The third-order valence-corrected chi connectivity index (χ3v) is 5.10. The maximum atomic E-state index is 12.7. The summed E-state index contributed by atoms with van der Waals surface area (Å²) in [7, 11) is 0. The van der Waals surface area contributed by atoms with Gasteiger partial charge in [-0.15, -0.1) is 0 Å². The number of rotatable bonds is 1. The first-order valence-corrected chi connectivity index (χ1v) is 7.33. The van der Waals surface area contributed by atoms with Gasteiger partial charge in [-0.25, -0.2) is 0 Å². The summed E-state index contributed by atoms with van der Waals surface area (Å²) in [5.74, 6) is -0.485. The third-order valence-electron chi connectivity index (χ3n) is 5.10. The molecule has 4 rings (SSSR count). The molecule has 0 amide bonds. The zero-order valence-electron chi connectivity index (χ0n) is 11.5. The van der Waals surface area contributed by atoms with Crippen molar-refractivity contribution >= 4 is 16.6 Å². The number of carbonyl (C=O) groups excluding carboxylic acids is 1. The first-order valence-electron chi connectivity index (χ1n) is 7.33. The minimum Gasteiger partial charge on any atom is -0.291 e. The molecule has 21 heavy (non-hydrogen) atoms. The van der Waals surface area contributed by atoms with Crippen LogP contribution in [0, 0.1) is 10.1 Å². The minimum absolute atomic E-state index is 0.178. The van der Waals surface area contributed by atoms with Gasteiger partial charge in [0.25, 0.3) is 5.54 Å². The van der Waals surface area contributed by atoms with Crippen molar-refractivity contribution < 1.29 is 9.72 Å². The summed E-state index contributed by atoms with van der Waals surface area (Å²) in [6, 6.07) is 12.0. The molecule has 1 saturated carbocycles. The molecule has 2 atom stereocenters. The lowest BCUT2D eigenvalue weighted by molar-refractivity contribution is -0.555. The Kier molecular flexibility index (Phi) is 2.46. The number of Topliss-reactive ketones (excluding diaryl/α,β-unsaturated/α-hetero) is 1. The van der Waals surface area contributed by atoms with Crippen LogP contribution in [0.3, 0.4) is 0 Å².